The van der Waals surface area contributed by atoms with Gasteiger partial charge in [0.25, 0.3) is 0 Å². The summed E-state index contributed by atoms with van der Waals surface area (Å²) < 4.78 is 0. The summed E-state index contributed by atoms with van der Waals surface area (Å²) in [6, 6.07) is 0. The van der Waals surface area contributed by atoms with Crippen LogP contribution in [0.15, 0.2) is 0 Å². The Kier molecular flexibility index (Phi) is 37.4. The third kappa shape index (κ3) is 31.3. The van der Waals surface area contributed by atoms with E-state index < -0.39 is 125 Å². The van der Waals surface area contributed by atoms with Crippen LogP contribution in [0.2, 0.25) is 0 Å². The van der Waals surface area contributed by atoms with Crippen LogP contribution in [0.1, 0.15) is 0 Å². The molecular weight excluding hydrogens is 884 g/mol. The van der Waals surface area contributed by atoms with Crippen molar-refractivity contribution in [2.45, 2.75) is 48.8 Å². The van der Waals surface area contributed by atoms with Crippen molar-refractivity contribution < 1.29 is 141 Å². The predicted octanol–water partition coefficient (Wildman–Crippen LogP) is -9.40. The van der Waals surface area contributed by atoms with Gasteiger partial charge in [-0.25, -0.2) is 0 Å². The van der Waals surface area contributed by atoms with E-state index in [1.54, 1.807) is 14.1 Å². The molecule has 0 radical (unpaired) electrons. The Hall–Kier alpha value is -1.93. The average molecular weight is 941 g/mol. The number of aliphatic carboxylic acids is 5. The van der Waals surface area contributed by atoms with Crippen LogP contribution in [-0.4, -0.2) is 269 Å². The number of nitrogens with zero attached hydrogens (tertiary/aromatic N) is 3. The molecule has 0 aliphatic heterocycles. The Morgan fingerprint density at radius 1 is 0.426 bits per heavy atom. The molecule has 0 fully saturated rings. The van der Waals surface area contributed by atoms with Crippen LogP contribution < -0.4 is 10.6 Å². The molecule has 0 amide bonds. The maximum Gasteiger partial charge on any atom is 0.317 e. The van der Waals surface area contributed by atoms with Crippen molar-refractivity contribution >= 4 is 29.8 Å². The molecule has 0 heterocycles. The molecule has 0 bridgehead atoms. The first-order valence-electron chi connectivity index (χ1n) is 15.8. The average Bonchev–Trinajstić information content (AvgIpc) is 3.06. The molecule has 0 saturated heterocycles. The topological polar surface area (TPSA) is 423 Å². The van der Waals surface area contributed by atoms with E-state index in [2.05, 4.69) is 10.6 Å². The van der Waals surface area contributed by atoms with Crippen molar-refractivity contribution in [1.29, 1.82) is 0 Å². The molecule has 8 atom stereocenters. The Morgan fingerprint density at radius 2 is 0.630 bits per heavy atom. The van der Waals surface area contributed by atoms with Crippen LogP contribution in [0.25, 0.3) is 0 Å². The summed E-state index contributed by atoms with van der Waals surface area (Å²) in [6.07, 6.45) is -11.3. The number of hydrogen-bond donors (Lipinski definition) is 17. The second-order valence-electron chi connectivity index (χ2n) is 11.4. The predicted molar refractivity (Wildman–Crippen MR) is 178 cm³/mol. The molecule has 0 aliphatic carbocycles. The summed E-state index contributed by atoms with van der Waals surface area (Å²) >= 11 is 0. The fraction of sp³-hybridized carbons (Fsp3) is 0.821. The fourth-order valence-electron chi connectivity index (χ4n) is 4.01. The minimum atomic E-state index is -1.55. The first kappa shape index (κ1) is 58.8. The zero-order chi connectivity index (χ0) is 41.8. The maximum atomic E-state index is 11.0. The molecule has 17 N–H and O–H groups in total. The third-order valence-corrected chi connectivity index (χ3v) is 6.74. The van der Waals surface area contributed by atoms with Crippen LogP contribution in [0.5, 0.6) is 0 Å². The van der Waals surface area contributed by atoms with Crippen molar-refractivity contribution in [3.8, 4) is 0 Å². The number of carbonyl (C=O) groups is 5. The normalized spacial score (nSPS) is 15.5. The quantitative estimate of drug-likeness (QED) is 0.0346. The number of nitrogens with one attached hydrogen (secondary N) is 2. The van der Waals surface area contributed by atoms with Gasteiger partial charge in [-0.05, 0) is 14.1 Å². The molecule has 0 spiro atoms. The summed E-state index contributed by atoms with van der Waals surface area (Å²) in [7, 11) is 3.15. The van der Waals surface area contributed by atoms with Gasteiger partial charge >= 0.3 is 29.8 Å². The summed E-state index contributed by atoms with van der Waals surface area (Å²) in [6.45, 7) is -3.87. The van der Waals surface area contributed by atoms with Gasteiger partial charge in [-0.1, -0.05) is 0 Å². The van der Waals surface area contributed by atoms with E-state index in [9.17, 15) is 34.2 Å². The Balaban J connectivity index is -0.000000387. The second-order valence-corrected chi connectivity index (χ2v) is 11.4. The fourth-order valence-corrected chi connectivity index (χ4v) is 4.01. The molecule has 0 rings (SSSR count). The van der Waals surface area contributed by atoms with E-state index in [0.717, 1.165) is 9.80 Å². The van der Waals surface area contributed by atoms with Gasteiger partial charge in [-0.3, -0.25) is 38.7 Å². The summed E-state index contributed by atoms with van der Waals surface area (Å²) in [5.41, 5.74) is 0. The molecule has 25 nitrogen and oxygen atoms in total. The van der Waals surface area contributed by atoms with Gasteiger partial charge in [0, 0.05) is 79.2 Å². The van der Waals surface area contributed by atoms with Crippen molar-refractivity contribution in [2.75, 3.05) is 99.3 Å². The maximum absolute atomic E-state index is 11.0. The van der Waals surface area contributed by atoms with Gasteiger partial charge < -0.3 is 87.2 Å². The number of aliphatic hydroxyl groups is 10. The molecule has 0 saturated carbocycles. The SMILES string of the molecule is CNC[C@H](O)[C@@H](O)[C@H](O)[C@H](O)CO.CNC[C@H](O)[C@@H](O)[C@H](O)[C@H](O)CO.O=C(O)CN(CCN(CC(=O)O)CC(=O)O)CCN(CC(=O)O)CC(=O)O.[Gd]. The zero-order valence-electron chi connectivity index (χ0n) is 29.8. The summed E-state index contributed by atoms with van der Waals surface area (Å²) in [5.74, 6) is -6.16. The molecule has 0 aromatic rings. The standard InChI is InChI=1S/C14H23N3O10.2C7H17NO5.Gd/c18-10(19)5-15(1-3-16(6-11(20)21)7-12(22)23)2-4-17(8-13(24)25)9-14(26)27;2*1-8-2-4(10)6(12)7(13)5(11)3-9;/h1-9H2,(H,18,19)(H,20,21)(H,22,23)(H,24,25)(H,26,27);2*4-13H,2-3H2,1H3;/t;2*4-,5+,6+,7+;/m.00./s1. The molecule has 0 aromatic heterocycles. The zero-order valence-corrected chi connectivity index (χ0v) is 32.0. The molecule has 0 aliphatic rings. The second kappa shape index (κ2) is 34.3. The molecule has 0 unspecified atom stereocenters. The largest absolute Gasteiger partial charge is 0.480 e. The van der Waals surface area contributed by atoms with Gasteiger partial charge in [0.2, 0.25) is 0 Å². The monoisotopic (exact) mass is 941 g/mol. The molecular formula is C28H57GdN5O20. The minimum Gasteiger partial charge on any atom is -0.480 e. The number of aliphatic hydroxyl groups excluding tert-OH is 10. The smallest absolute Gasteiger partial charge is 0.317 e. The Labute approximate surface area is 342 Å². The number of carboxylic acids is 5. The van der Waals surface area contributed by atoms with Crippen molar-refractivity contribution in [3.05, 3.63) is 0 Å². The van der Waals surface area contributed by atoms with Gasteiger partial charge in [-0.15, -0.1) is 0 Å². The Bertz CT molecular complexity index is 937. The van der Waals surface area contributed by atoms with Gasteiger partial charge in [0.1, 0.15) is 36.6 Å². The molecule has 54 heavy (non-hydrogen) atoms. The number of hydrogen-bond acceptors (Lipinski definition) is 20. The number of carboxylic acid groups (broad SMARTS) is 5. The van der Waals surface area contributed by atoms with Crippen LogP contribution in [0, 0.1) is 39.9 Å². The van der Waals surface area contributed by atoms with Crippen LogP contribution >= 0.6 is 0 Å². The summed E-state index contributed by atoms with van der Waals surface area (Å²) in [4.78, 5) is 57.6. The molecule has 26 heteroatoms. The van der Waals surface area contributed by atoms with Crippen molar-refractivity contribution in [3.63, 3.8) is 0 Å². The van der Waals surface area contributed by atoms with Crippen molar-refractivity contribution in [1.82, 2.24) is 25.3 Å². The molecule has 0 aromatic carbocycles. The first-order chi connectivity index (χ1) is 24.6. The van der Waals surface area contributed by atoms with E-state index in [1.165, 1.54) is 4.90 Å². The van der Waals surface area contributed by atoms with Crippen molar-refractivity contribution in [2.24, 2.45) is 0 Å². The van der Waals surface area contributed by atoms with E-state index >= 15 is 0 Å². The number of rotatable bonds is 28. The van der Waals surface area contributed by atoms with E-state index in [4.69, 9.17) is 66.4 Å². The molecule has 322 valence electrons. The number of likely N-dealkylation sites (N-methyl/N-ethyl adjacent to an activating group) is 2. The summed E-state index contributed by atoms with van der Waals surface area (Å²) in [5, 5.41) is 139. The third-order valence-electron chi connectivity index (χ3n) is 6.74. The van der Waals surface area contributed by atoms with E-state index in [0.29, 0.717) is 0 Å². The van der Waals surface area contributed by atoms with Crippen LogP contribution in [0.4, 0.5) is 0 Å². The van der Waals surface area contributed by atoms with Crippen LogP contribution in [-0.2, 0) is 24.0 Å². The van der Waals surface area contributed by atoms with Crippen LogP contribution in [0.3, 0.4) is 0 Å². The minimum absolute atomic E-state index is 0. The van der Waals surface area contributed by atoms with E-state index in [-0.39, 0.29) is 79.2 Å². The first-order valence-corrected chi connectivity index (χ1v) is 15.8. The van der Waals surface area contributed by atoms with Gasteiger partial charge in [-0.2, -0.15) is 0 Å². The Morgan fingerprint density at radius 3 is 0.833 bits per heavy atom. The van der Waals surface area contributed by atoms with Gasteiger partial charge in [0.05, 0.1) is 58.1 Å². The van der Waals surface area contributed by atoms with Gasteiger partial charge in [0.15, 0.2) is 0 Å². The van der Waals surface area contributed by atoms with E-state index in [1.807, 2.05) is 0 Å².